The molecule has 166 valence electrons. The third-order valence-corrected chi connectivity index (χ3v) is 6.04. The molecule has 0 spiro atoms. The van der Waals surface area contributed by atoms with Crippen LogP contribution in [-0.4, -0.2) is 66.7 Å². The van der Waals surface area contributed by atoms with E-state index >= 15 is 0 Å². The van der Waals surface area contributed by atoms with Crippen LogP contribution in [0, 0.1) is 5.95 Å². The first-order valence-electron chi connectivity index (χ1n) is 10.7. The Morgan fingerprint density at radius 3 is 2.77 bits per heavy atom. The number of nitrogens with one attached hydrogen (secondary N) is 2. The highest BCUT2D eigenvalue weighted by atomic mass is 19.1. The second kappa shape index (κ2) is 9.15. The fraction of sp³-hybridized carbons (Fsp3) is 0.500. The number of fused-ring (bicyclic) bond motifs is 1. The molecule has 1 amide bonds. The first-order valence-corrected chi connectivity index (χ1v) is 10.7. The number of ether oxygens (including phenoxy) is 1. The van der Waals surface area contributed by atoms with Gasteiger partial charge in [0.05, 0.1) is 18.4 Å². The minimum Gasteiger partial charge on any atom is -0.372 e. The van der Waals surface area contributed by atoms with Gasteiger partial charge in [-0.05, 0) is 30.2 Å². The number of hydrogen-bond acceptors (Lipinski definition) is 6. The zero-order valence-corrected chi connectivity index (χ0v) is 17.9. The molecular formula is C22H28FN5O3. The third kappa shape index (κ3) is 4.62. The summed E-state index contributed by atoms with van der Waals surface area (Å²) in [6.07, 6.45) is 1.42. The van der Waals surface area contributed by atoms with Gasteiger partial charge in [0.1, 0.15) is 5.69 Å². The first kappa shape index (κ1) is 21.5. The number of carbonyl (C=O) groups is 1. The molecule has 2 aromatic rings. The molecule has 1 atom stereocenters. The smallest absolute Gasteiger partial charge is 0.269 e. The number of halogens is 1. The number of amides is 1. The van der Waals surface area contributed by atoms with Crippen molar-refractivity contribution in [3.63, 3.8) is 0 Å². The Kier molecular flexibility index (Phi) is 6.33. The van der Waals surface area contributed by atoms with Crippen LogP contribution in [0.25, 0.3) is 0 Å². The predicted octanol–water partition coefficient (Wildman–Crippen LogP) is 1.09. The van der Waals surface area contributed by atoms with Crippen molar-refractivity contribution in [2.75, 3.05) is 44.7 Å². The number of nitrogens with zero attached hydrogens (tertiary/aromatic N) is 3. The van der Waals surface area contributed by atoms with Gasteiger partial charge >= 0.3 is 0 Å². The maximum Gasteiger partial charge on any atom is 0.269 e. The van der Waals surface area contributed by atoms with E-state index in [-0.39, 0.29) is 17.4 Å². The monoisotopic (exact) mass is 429 g/mol. The molecule has 0 bridgehead atoms. The van der Waals surface area contributed by atoms with Crippen LogP contribution in [0.15, 0.2) is 23.0 Å². The number of aromatic amines is 1. The van der Waals surface area contributed by atoms with Gasteiger partial charge in [-0.2, -0.15) is 4.39 Å². The highest BCUT2D eigenvalue weighted by Gasteiger charge is 2.26. The van der Waals surface area contributed by atoms with E-state index in [9.17, 15) is 14.0 Å². The molecule has 0 saturated carbocycles. The molecule has 0 radical (unpaired) electrons. The van der Waals surface area contributed by atoms with Crippen molar-refractivity contribution < 1.29 is 13.9 Å². The Hall–Kier alpha value is -2.78. The second-order valence-corrected chi connectivity index (χ2v) is 7.99. The average molecular weight is 429 g/mol. The number of anilines is 1. The van der Waals surface area contributed by atoms with Crippen LogP contribution in [0.4, 0.5) is 10.1 Å². The molecule has 31 heavy (non-hydrogen) atoms. The van der Waals surface area contributed by atoms with Crippen LogP contribution in [0.1, 0.15) is 34.2 Å². The number of carbonyl (C=O) groups excluding carboxylic acids is 1. The molecule has 2 aromatic heterocycles. The van der Waals surface area contributed by atoms with Crippen molar-refractivity contribution in [1.29, 1.82) is 0 Å². The van der Waals surface area contributed by atoms with Crippen molar-refractivity contribution in [3.05, 3.63) is 57.0 Å². The number of aromatic nitrogens is 2. The van der Waals surface area contributed by atoms with Crippen LogP contribution >= 0.6 is 0 Å². The fourth-order valence-corrected chi connectivity index (χ4v) is 4.22. The maximum atomic E-state index is 14.4. The van der Waals surface area contributed by atoms with Crippen molar-refractivity contribution in [3.8, 4) is 0 Å². The minimum absolute atomic E-state index is 0.00594. The van der Waals surface area contributed by atoms with Crippen LogP contribution in [-0.2, 0) is 24.2 Å². The summed E-state index contributed by atoms with van der Waals surface area (Å²) < 4.78 is 20.5. The van der Waals surface area contributed by atoms with Crippen LogP contribution in [0.2, 0.25) is 0 Å². The van der Waals surface area contributed by atoms with Gasteiger partial charge in [-0.1, -0.05) is 6.92 Å². The predicted molar refractivity (Wildman–Crippen MR) is 115 cm³/mol. The normalized spacial score (nSPS) is 19.2. The number of H-pyrrole nitrogens is 1. The number of hydrogen-bond donors (Lipinski definition) is 2. The van der Waals surface area contributed by atoms with E-state index in [2.05, 4.69) is 20.2 Å². The van der Waals surface area contributed by atoms with Gasteiger partial charge in [-0.15, -0.1) is 0 Å². The molecule has 1 fully saturated rings. The minimum atomic E-state index is -0.628. The van der Waals surface area contributed by atoms with E-state index in [0.717, 1.165) is 36.5 Å². The van der Waals surface area contributed by atoms with Crippen LogP contribution in [0.5, 0.6) is 0 Å². The van der Waals surface area contributed by atoms with E-state index in [1.54, 1.807) is 12.1 Å². The topological polar surface area (TPSA) is 90.6 Å². The Balaban J connectivity index is 1.33. The van der Waals surface area contributed by atoms with E-state index < -0.39 is 11.9 Å². The fourth-order valence-electron chi connectivity index (χ4n) is 4.22. The standard InChI is InChI=1S/C22H28FN5O3/c1-3-14-10-15-13-31-16(11-18(15)26-21(14)29)12-27-6-8-28(9-7-27)19-5-4-17(22(30)24-2)25-20(19)23/h4-5,10,16H,3,6-9,11-13H2,1-2H3,(H,24,30)(H,26,29)/t16-/m0/s1. The van der Waals surface area contributed by atoms with E-state index in [1.165, 1.54) is 7.05 Å². The van der Waals surface area contributed by atoms with Gasteiger partial charge in [0, 0.05) is 57.4 Å². The summed E-state index contributed by atoms with van der Waals surface area (Å²) in [5, 5.41) is 2.45. The highest BCUT2D eigenvalue weighted by Crippen LogP contribution is 2.22. The molecule has 2 N–H and O–H groups in total. The number of rotatable bonds is 5. The summed E-state index contributed by atoms with van der Waals surface area (Å²) in [5.74, 6) is -1.03. The van der Waals surface area contributed by atoms with Crippen molar-refractivity contribution in [2.45, 2.75) is 32.5 Å². The summed E-state index contributed by atoms with van der Waals surface area (Å²) in [5.41, 5.74) is 3.32. The lowest BCUT2D eigenvalue weighted by Crippen LogP contribution is -2.50. The summed E-state index contributed by atoms with van der Waals surface area (Å²) >= 11 is 0. The van der Waals surface area contributed by atoms with Gasteiger partial charge in [0.25, 0.3) is 11.5 Å². The maximum absolute atomic E-state index is 14.4. The van der Waals surface area contributed by atoms with Gasteiger partial charge in [0.15, 0.2) is 0 Å². The van der Waals surface area contributed by atoms with E-state index in [4.69, 9.17) is 4.74 Å². The van der Waals surface area contributed by atoms with E-state index in [0.29, 0.717) is 38.2 Å². The molecule has 1 saturated heterocycles. The second-order valence-electron chi connectivity index (χ2n) is 7.99. The van der Waals surface area contributed by atoms with Gasteiger partial charge in [-0.25, -0.2) is 4.98 Å². The molecule has 0 unspecified atom stereocenters. The first-order chi connectivity index (χ1) is 15.0. The molecule has 4 heterocycles. The largest absolute Gasteiger partial charge is 0.372 e. The molecule has 8 nitrogen and oxygen atoms in total. The lowest BCUT2D eigenvalue weighted by atomic mass is 10.0. The van der Waals surface area contributed by atoms with Crippen molar-refractivity contribution in [2.24, 2.45) is 0 Å². The molecule has 2 aliphatic rings. The third-order valence-electron chi connectivity index (χ3n) is 6.04. The molecule has 0 aliphatic carbocycles. The number of pyridine rings is 2. The Morgan fingerprint density at radius 1 is 1.32 bits per heavy atom. The number of piperazine rings is 1. The van der Waals surface area contributed by atoms with Gasteiger partial charge in [0.2, 0.25) is 5.95 Å². The Bertz CT molecular complexity index is 1020. The van der Waals surface area contributed by atoms with Crippen LogP contribution < -0.4 is 15.8 Å². The molecule has 0 aromatic carbocycles. The molecule has 2 aliphatic heterocycles. The summed E-state index contributed by atoms with van der Waals surface area (Å²) in [7, 11) is 1.49. The molecule has 4 rings (SSSR count). The number of aryl methyl sites for hydroxylation is 1. The Labute approximate surface area is 180 Å². The van der Waals surface area contributed by atoms with Crippen LogP contribution in [0.3, 0.4) is 0 Å². The van der Waals surface area contributed by atoms with Crippen molar-refractivity contribution in [1.82, 2.24) is 20.2 Å². The highest BCUT2D eigenvalue weighted by molar-refractivity contribution is 5.92. The Morgan fingerprint density at radius 2 is 2.10 bits per heavy atom. The quantitative estimate of drug-likeness (QED) is 0.692. The van der Waals surface area contributed by atoms with Crippen molar-refractivity contribution >= 4 is 11.6 Å². The molecule has 9 heteroatoms. The summed E-state index contributed by atoms with van der Waals surface area (Å²) in [4.78, 5) is 34.8. The molecular weight excluding hydrogens is 401 g/mol. The van der Waals surface area contributed by atoms with E-state index in [1.807, 2.05) is 17.9 Å². The summed E-state index contributed by atoms with van der Waals surface area (Å²) in [6, 6.07) is 5.12. The van der Waals surface area contributed by atoms with Gasteiger partial charge < -0.3 is 19.9 Å². The average Bonchev–Trinajstić information content (AvgIpc) is 2.78. The van der Waals surface area contributed by atoms with Gasteiger partial charge in [-0.3, -0.25) is 14.5 Å². The zero-order valence-electron chi connectivity index (χ0n) is 17.9. The SMILES string of the molecule is CCc1cc2c([nH]c1=O)C[C@@H](CN1CCN(c3ccc(C(=O)NC)nc3F)CC1)OC2. The summed E-state index contributed by atoms with van der Waals surface area (Å²) in [6.45, 7) is 6.12. The lowest BCUT2D eigenvalue weighted by molar-refractivity contribution is 0.00271. The lowest BCUT2D eigenvalue weighted by Gasteiger charge is -2.38. The zero-order chi connectivity index (χ0) is 22.0.